The maximum absolute atomic E-state index is 10.8. The molecule has 11 heavy (non-hydrogen) atoms. The van der Waals surface area contributed by atoms with Crippen LogP contribution in [-0.2, 0) is 4.79 Å². The van der Waals surface area contributed by atoms with Gasteiger partial charge in [0.25, 0.3) is 0 Å². The topological polar surface area (TPSA) is 29.1 Å². The maximum atomic E-state index is 10.8. The summed E-state index contributed by atoms with van der Waals surface area (Å²) in [5, 5.41) is 3.07. The van der Waals surface area contributed by atoms with Gasteiger partial charge in [0.15, 0.2) is 0 Å². The molecule has 3 rings (SSSR count). The van der Waals surface area contributed by atoms with Crippen LogP contribution in [-0.4, -0.2) is 11.4 Å². The zero-order valence-corrected chi connectivity index (χ0v) is 7.24. The smallest absolute Gasteiger partial charge is 0.217 e. The molecule has 0 unspecified atom stereocenters. The molecule has 0 saturated heterocycles. The third-order valence-electron chi connectivity index (χ3n) is 3.18. The van der Waals surface area contributed by atoms with Gasteiger partial charge in [-0.3, -0.25) is 4.79 Å². The van der Waals surface area contributed by atoms with E-state index in [1.54, 1.807) is 6.92 Å². The van der Waals surface area contributed by atoms with Gasteiger partial charge in [-0.1, -0.05) is 6.92 Å². The first-order chi connectivity index (χ1) is 5.04. The van der Waals surface area contributed by atoms with Crippen LogP contribution >= 0.6 is 0 Å². The van der Waals surface area contributed by atoms with Crippen molar-refractivity contribution in [3.63, 3.8) is 0 Å². The van der Waals surface area contributed by atoms with E-state index in [0.29, 0.717) is 5.41 Å². The van der Waals surface area contributed by atoms with Gasteiger partial charge in [0.05, 0.1) is 0 Å². The van der Waals surface area contributed by atoms with Crippen LogP contribution in [0.3, 0.4) is 0 Å². The second kappa shape index (κ2) is 1.79. The van der Waals surface area contributed by atoms with Crippen LogP contribution in [0.4, 0.5) is 0 Å². The highest BCUT2D eigenvalue weighted by Crippen LogP contribution is 2.60. The average molecular weight is 153 g/mol. The summed E-state index contributed by atoms with van der Waals surface area (Å²) in [5.41, 5.74) is 0.795. The lowest BCUT2D eigenvalue weighted by molar-refractivity contribution is -0.122. The number of rotatable bonds is 1. The van der Waals surface area contributed by atoms with Gasteiger partial charge >= 0.3 is 0 Å². The minimum atomic E-state index is 0.133. The Labute approximate surface area is 67.4 Å². The molecule has 3 fully saturated rings. The van der Waals surface area contributed by atoms with E-state index in [9.17, 15) is 4.79 Å². The van der Waals surface area contributed by atoms with Crippen LogP contribution < -0.4 is 5.32 Å². The van der Waals surface area contributed by atoms with Gasteiger partial charge in [-0.2, -0.15) is 0 Å². The highest BCUT2D eigenvalue weighted by atomic mass is 16.1. The molecule has 2 nitrogen and oxygen atoms in total. The summed E-state index contributed by atoms with van der Waals surface area (Å²) < 4.78 is 0. The quantitative estimate of drug-likeness (QED) is 0.607. The van der Waals surface area contributed by atoms with Gasteiger partial charge in [-0.25, -0.2) is 0 Å². The molecular weight excluding hydrogens is 138 g/mol. The molecule has 0 aromatic carbocycles. The molecular formula is C9H15NO. The second-order valence-corrected chi connectivity index (χ2v) is 4.63. The number of carbonyl (C=O) groups excluding carboxylic acids is 1. The molecule has 0 atom stereocenters. The fraction of sp³-hybridized carbons (Fsp3) is 0.889. The lowest BCUT2D eigenvalue weighted by Crippen LogP contribution is -2.54. The lowest BCUT2D eigenvalue weighted by Gasteiger charge is -2.45. The summed E-state index contributed by atoms with van der Waals surface area (Å²) >= 11 is 0. The molecule has 1 N–H and O–H groups in total. The molecule has 0 aliphatic heterocycles. The van der Waals surface area contributed by atoms with Crippen molar-refractivity contribution in [3.05, 3.63) is 0 Å². The van der Waals surface area contributed by atoms with Crippen molar-refractivity contribution in [2.75, 3.05) is 0 Å². The minimum Gasteiger partial charge on any atom is -0.351 e. The van der Waals surface area contributed by atoms with Crippen molar-refractivity contribution in [2.45, 2.75) is 45.1 Å². The standard InChI is InChI=1S/C9H15NO/c1-7(11)10-9-4-3-8(2,5-9)6-9/h3-6H2,1-2H3,(H,10,11). The highest BCUT2D eigenvalue weighted by Gasteiger charge is 2.58. The normalized spacial score (nSPS) is 46.7. The molecule has 3 aliphatic rings. The SMILES string of the molecule is CC(=O)NC12CCC(C)(C1)C2. The largest absolute Gasteiger partial charge is 0.351 e. The Bertz CT molecular complexity index is 204. The van der Waals surface area contributed by atoms with E-state index in [4.69, 9.17) is 0 Å². The van der Waals surface area contributed by atoms with Gasteiger partial charge in [-0.05, 0) is 31.1 Å². The first kappa shape index (κ1) is 7.14. The maximum Gasteiger partial charge on any atom is 0.217 e. The Balaban J connectivity index is 2.02. The van der Waals surface area contributed by atoms with Crippen LogP contribution in [0.2, 0.25) is 0 Å². The fourth-order valence-electron chi connectivity index (χ4n) is 3.00. The van der Waals surface area contributed by atoms with Crippen LogP contribution in [0, 0.1) is 5.41 Å². The van der Waals surface area contributed by atoms with E-state index < -0.39 is 0 Å². The van der Waals surface area contributed by atoms with Crippen molar-refractivity contribution < 1.29 is 4.79 Å². The predicted molar refractivity (Wildman–Crippen MR) is 43.1 cm³/mol. The van der Waals surface area contributed by atoms with Crippen LogP contribution in [0.15, 0.2) is 0 Å². The van der Waals surface area contributed by atoms with Gasteiger partial charge in [-0.15, -0.1) is 0 Å². The lowest BCUT2D eigenvalue weighted by atomic mass is 9.66. The summed E-state index contributed by atoms with van der Waals surface area (Å²) in [4.78, 5) is 10.8. The Morgan fingerprint density at radius 3 is 2.36 bits per heavy atom. The van der Waals surface area contributed by atoms with Crippen LogP contribution in [0.25, 0.3) is 0 Å². The van der Waals surface area contributed by atoms with E-state index in [1.165, 1.54) is 25.7 Å². The minimum absolute atomic E-state index is 0.133. The number of nitrogens with one attached hydrogen (secondary N) is 1. The Morgan fingerprint density at radius 1 is 1.36 bits per heavy atom. The van der Waals surface area contributed by atoms with E-state index in [2.05, 4.69) is 12.2 Å². The molecule has 3 aliphatic carbocycles. The Morgan fingerprint density at radius 2 is 2.00 bits per heavy atom. The number of amides is 1. The summed E-state index contributed by atoms with van der Waals surface area (Å²) in [6.07, 6.45) is 4.91. The van der Waals surface area contributed by atoms with E-state index in [-0.39, 0.29) is 11.4 Å². The summed E-state index contributed by atoms with van der Waals surface area (Å²) in [6.45, 7) is 3.93. The van der Waals surface area contributed by atoms with E-state index >= 15 is 0 Å². The van der Waals surface area contributed by atoms with Gasteiger partial charge in [0, 0.05) is 12.5 Å². The van der Waals surface area contributed by atoms with Crippen molar-refractivity contribution >= 4 is 5.91 Å². The predicted octanol–water partition coefficient (Wildman–Crippen LogP) is 1.46. The second-order valence-electron chi connectivity index (χ2n) is 4.63. The molecule has 62 valence electrons. The third kappa shape index (κ3) is 0.959. The molecule has 1 amide bonds. The van der Waals surface area contributed by atoms with E-state index in [0.717, 1.165) is 0 Å². The average Bonchev–Trinajstić information content (AvgIpc) is 2.17. The fourth-order valence-corrected chi connectivity index (χ4v) is 3.00. The monoisotopic (exact) mass is 153 g/mol. The molecule has 0 aromatic heterocycles. The van der Waals surface area contributed by atoms with Crippen molar-refractivity contribution in [1.82, 2.24) is 5.32 Å². The van der Waals surface area contributed by atoms with Crippen molar-refractivity contribution in [1.29, 1.82) is 0 Å². The molecule has 3 saturated carbocycles. The summed E-state index contributed by atoms with van der Waals surface area (Å²) in [7, 11) is 0. The number of hydrogen-bond acceptors (Lipinski definition) is 1. The summed E-state index contributed by atoms with van der Waals surface area (Å²) in [5.74, 6) is 0.133. The Hall–Kier alpha value is -0.530. The molecule has 0 aromatic rings. The van der Waals surface area contributed by atoms with Crippen molar-refractivity contribution in [3.8, 4) is 0 Å². The van der Waals surface area contributed by atoms with Gasteiger partial charge < -0.3 is 5.32 Å². The molecule has 2 bridgehead atoms. The van der Waals surface area contributed by atoms with Crippen molar-refractivity contribution in [2.24, 2.45) is 5.41 Å². The molecule has 0 spiro atoms. The van der Waals surface area contributed by atoms with Crippen LogP contribution in [0.1, 0.15) is 39.5 Å². The van der Waals surface area contributed by atoms with E-state index in [1.807, 2.05) is 0 Å². The van der Waals surface area contributed by atoms with Crippen LogP contribution in [0.5, 0.6) is 0 Å². The zero-order chi connectivity index (χ0) is 8.11. The Kier molecular flexibility index (Phi) is 1.16. The highest BCUT2D eigenvalue weighted by molar-refractivity contribution is 5.74. The first-order valence-electron chi connectivity index (χ1n) is 4.33. The zero-order valence-electron chi connectivity index (χ0n) is 7.24. The molecule has 2 heteroatoms. The number of hydrogen-bond donors (Lipinski definition) is 1. The number of carbonyl (C=O) groups is 1. The molecule has 0 heterocycles. The van der Waals surface area contributed by atoms with Gasteiger partial charge in [0.2, 0.25) is 5.91 Å². The summed E-state index contributed by atoms with van der Waals surface area (Å²) in [6, 6.07) is 0. The van der Waals surface area contributed by atoms with Gasteiger partial charge in [0.1, 0.15) is 0 Å². The first-order valence-corrected chi connectivity index (χ1v) is 4.33. The molecule has 0 radical (unpaired) electrons. The third-order valence-corrected chi connectivity index (χ3v) is 3.18. The number of fused-ring (bicyclic) bond motifs is 1.